The van der Waals surface area contributed by atoms with Crippen LogP contribution in [0, 0.1) is 0 Å². The van der Waals surface area contributed by atoms with Crippen molar-refractivity contribution in [2.45, 2.75) is 71.6 Å². The van der Waals surface area contributed by atoms with E-state index in [1.165, 1.54) is 19.4 Å². The highest BCUT2D eigenvalue weighted by Crippen LogP contribution is 2.27. The SMILES string of the molecule is COC(=O)Nc1ccc(-c2cn(COCC[Si](C)(C)C)c(CCC=CNC(=O)OC(C)(C)C)n2)c(C(=O)O)c1. The number of imidazole rings is 1. The van der Waals surface area contributed by atoms with Gasteiger partial charge in [0.25, 0.3) is 0 Å². The Morgan fingerprint density at radius 1 is 1.15 bits per heavy atom. The number of nitrogens with one attached hydrogen (secondary N) is 2. The van der Waals surface area contributed by atoms with Crippen molar-refractivity contribution in [3.8, 4) is 11.3 Å². The molecule has 0 aliphatic rings. The van der Waals surface area contributed by atoms with Crippen LogP contribution in [0.3, 0.4) is 0 Å². The second-order valence-corrected chi connectivity index (χ2v) is 16.8. The molecule has 0 atom stereocenters. The molecule has 0 radical (unpaired) electrons. The number of hydrogen-bond donors (Lipinski definition) is 3. The van der Waals surface area contributed by atoms with Gasteiger partial charge in [-0.15, -0.1) is 0 Å². The van der Waals surface area contributed by atoms with Gasteiger partial charge in [0, 0.05) is 44.7 Å². The number of anilines is 1. The molecule has 1 aromatic carbocycles. The number of aromatic carboxylic acids is 1. The standard InChI is InChI=1S/C27H40N4O7Si/c1-27(2,3)38-25(34)28-13-9-8-10-23-30-22(17-31(23)18-37-14-15-39(5,6)7)20-12-11-19(29-26(35)36-4)16-21(20)24(32)33/h9,11-13,16-17H,8,10,14-15,18H2,1-7H3,(H,28,34)(H,29,35)(H,32,33). The van der Waals surface area contributed by atoms with Crippen molar-refractivity contribution in [1.29, 1.82) is 0 Å². The van der Waals surface area contributed by atoms with Crippen molar-refractivity contribution in [2.24, 2.45) is 0 Å². The second-order valence-electron chi connectivity index (χ2n) is 11.1. The Kier molecular flexibility index (Phi) is 11.3. The van der Waals surface area contributed by atoms with Crippen molar-refractivity contribution in [1.82, 2.24) is 14.9 Å². The fourth-order valence-corrected chi connectivity index (χ4v) is 4.11. The smallest absolute Gasteiger partial charge is 0.411 e. The topological polar surface area (TPSA) is 141 Å². The molecule has 0 aliphatic carbocycles. The Hall–Kier alpha value is -3.64. The minimum atomic E-state index is -1.26. The zero-order valence-electron chi connectivity index (χ0n) is 23.8. The van der Waals surface area contributed by atoms with Gasteiger partial charge in [-0.1, -0.05) is 25.7 Å². The molecular weight excluding hydrogens is 520 g/mol. The number of amides is 2. The minimum Gasteiger partial charge on any atom is -0.478 e. The van der Waals surface area contributed by atoms with Gasteiger partial charge in [0.05, 0.1) is 18.4 Å². The van der Waals surface area contributed by atoms with Gasteiger partial charge in [-0.25, -0.2) is 19.4 Å². The molecular formula is C27H40N4O7Si. The predicted octanol–water partition coefficient (Wildman–Crippen LogP) is 5.71. The molecule has 0 saturated heterocycles. The van der Waals surface area contributed by atoms with Gasteiger partial charge in [0.1, 0.15) is 18.2 Å². The first-order valence-electron chi connectivity index (χ1n) is 12.7. The molecule has 0 bridgehead atoms. The summed E-state index contributed by atoms with van der Waals surface area (Å²) in [7, 11) is -0.0324. The number of carbonyl (C=O) groups is 3. The molecule has 0 fully saturated rings. The largest absolute Gasteiger partial charge is 0.478 e. The normalized spacial score (nSPS) is 11.9. The summed E-state index contributed by atoms with van der Waals surface area (Å²) < 4.78 is 17.6. The number of aromatic nitrogens is 2. The summed E-state index contributed by atoms with van der Waals surface area (Å²) in [5.74, 6) is -0.454. The maximum Gasteiger partial charge on any atom is 0.411 e. The molecule has 39 heavy (non-hydrogen) atoms. The first-order chi connectivity index (χ1) is 18.2. The van der Waals surface area contributed by atoms with Crippen LogP contribution in [0.1, 0.15) is 43.4 Å². The summed E-state index contributed by atoms with van der Waals surface area (Å²) in [4.78, 5) is 40.1. The first-order valence-corrected chi connectivity index (χ1v) is 16.4. The summed E-state index contributed by atoms with van der Waals surface area (Å²) >= 11 is 0. The van der Waals surface area contributed by atoms with E-state index < -0.39 is 31.8 Å². The van der Waals surface area contributed by atoms with Gasteiger partial charge in [-0.2, -0.15) is 0 Å². The molecule has 0 aliphatic heterocycles. The van der Waals surface area contributed by atoms with E-state index in [4.69, 9.17) is 14.5 Å². The van der Waals surface area contributed by atoms with Crippen molar-refractivity contribution in [3.05, 3.63) is 48.1 Å². The Morgan fingerprint density at radius 3 is 2.49 bits per heavy atom. The van der Waals surface area contributed by atoms with Crippen molar-refractivity contribution in [3.63, 3.8) is 0 Å². The number of alkyl carbamates (subject to hydrolysis) is 1. The van der Waals surface area contributed by atoms with Gasteiger partial charge in [-0.05, 0) is 51.4 Å². The molecule has 0 unspecified atom stereocenters. The minimum absolute atomic E-state index is 0.0128. The Morgan fingerprint density at radius 2 is 1.87 bits per heavy atom. The number of carboxylic acids is 1. The zero-order chi connectivity index (χ0) is 29.2. The van der Waals surface area contributed by atoms with Gasteiger partial charge in [0.2, 0.25) is 0 Å². The van der Waals surface area contributed by atoms with Crippen LogP contribution in [0.15, 0.2) is 36.7 Å². The molecule has 2 amide bonds. The maximum atomic E-state index is 12.0. The number of allylic oxidation sites excluding steroid dienone is 1. The highest BCUT2D eigenvalue weighted by Gasteiger charge is 2.19. The molecule has 2 rings (SSSR count). The zero-order valence-corrected chi connectivity index (χ0v) is 24.8. The average Bonchev–Trinajstić information content (AvgIpc) is 3.22. The van der Waals surface area contributed by atoms with Crippen molar-refractivity contribution < 1.29 is 33.7 Å². The van der Waals surface area contributed by atoms with E-state index in [0.29, 0.717) is 42.2 Å². The Labute approximate surface area is 230 Å². The van der Waals surface area contributed by atoms with Crippen LogP contribution in [0.4, 0.5) is 15.3 Å². The van der Waals surface area contributed by atoms with Crippen molar-refractivity contribution in [2.75, 3.05) is 19.0 Å². The quantitative estimate of drug-likeness (QED) is 0.221. The summed E-state index contributed by atoms with van der Waals surface area (Å²) in [5, 5.41) is 14.9. The molecule has 1 heterocycles. The van der Waals surface area contributed by atoms with Crippen LogP contribution < -0.4 is 10.6 Å². The van der Waals surface area contributed by atoms with Crippen molar-refractivity contribution >= 4 is 31.9 Å². The number of benzene rings is 1. The predicted molar refractivity (Wildman–Crippen MR) is 152 cm³/mol. The lowest BCUT2D eigenvalue weighted by Crippen LogP contribution is -2.29. The monoisotopic (exact) mass is 560 g/mol. The Balaban J connectivity index is 2.24. The van der Waals surface area contributed by atoms with E-state index >= 15 is 0 Å². The highest BCUT2D eigenvalue weighted by molar-refractivity contribution is 6.76. The van der Waals surface area contributed by atoms with Crippen LogP contribution >= 0.6 is 0 Å². The van der Waals surface area contributed by atoms with E-state index in [0.717, 1.165) is 6.04 Å². The average molecular weight is 561 g/mol. The van der Waals surface area contributed by atoms with E-state index in [9.17, 15) is 19.5 Å². The van der Waals surface area contributed by atoms with Gasteiger partial charge < -0.3 is 23.9 Å². The third kappa shape index (κ3) is 11.3. The van der Waals surface area contributed by atoms with Crippen LogP contribution in [-0.4, -0.2) is 60.2 Å². The second kappa shape index (κ2) is 13.9. The number of methoxy groups -OCH3 is 1. The van der Waals surface area contributed by atoms with E-state index in [2.05, 4.69) is 35.0 Å². The number of aryl methyl sites for hydroxylation is 1. The number of hydrogen-bond acceptors (Lipinski definition) is 7. The molecule has 11 nitrogen and oxygen atoms in total. The summed E-state index contributed by atoms with van der Waals surface area (Å²) in [6, 6.07) is 5.57. The molecule has 0 saturated carbocycles. The first kappa shape index (κ1) is 31.6. The highest BCUT2D eigenvalue weighted by atomic mass is 28.3. The van der Waals surface area contributed by atoms with E-state index in [1.54, 1.807) is 45.2 Å². The third-order valence-corrected chi connectivity index (χ3v) is 7.00. The fraction of sp³-hybridized carbons (Fsp3) is 0.481. The molecule has 2 aromatic rings. The van der Waals surface area contributed by atoms with Gasteiger partial charge in [-0.3, -0.25) is 10.6 Å². The third-order valence-electron chi connectivity index (χ3n) is 5.30. The van der Waals surface area contributed by atoms with Gasteiger partial charge >= 0.3 is 18.2 Å². The molecule has 214 valence electrons. The lowest BCUT2D eigenvalue weighted by atomic mass is 10.0. The number of nitrogens with zero attached hydrogens (tertiary/aromatic N) is 2. The maximum absolute atomic E-state index is 12.0. The lowest BCUT2D eigenvalue weighted by Gasteiger charge is -2.18. The van der Waals surface area contributed by atoms with Crippen LogP contribution in [0.25, 0.3) is 11.3 Å². The van der Waals surface area contributed by atoms with E-state index in [-0.39, 0.29) is 12.3 Å². The molecule has 0 spiro atoms. The summed E-state index contributed by atoms with van der Waals surface area (Å²) in [5.41, 5.74) is 0.566. The summed E-state index contributed by atoms with van der Waals surface area (Å²) in [6.07, 6.45) is 4.94. The number of ether oxygens (including phenoxy) is 3. The number of carboxylic acid groups (broad SMARTS) is 1. The van der Waals surface area contributed by atoms with Crippen LogP contribution in [-0.2, 0) is 27.4 Å². The Bertz CT molecular complexity index is 1180. The molecule has 1 aromatic heterocycles. The number of rotatable bonds is 12. The van der Waals surface area contributed by atoms with Gasteiger partial charge in [0.15, 0.2) is 0 Å². The number of carbonyl (C=O) groups excluding carboxylic acids is 2. The molecule has 12 heteroatoms. The van der Waals surface area contributed by atoms with E-state index in [1.807, 2.05) is 4.57 Å². The van der Waals surface area contributed by atoms with Crippen LogP contribution in [0.2, 0.25) is 25.7 Å². The molecule has 3 N–H and O–H groups in total. The fourth-order valence-electron chi connectivity index (χ4n) is 3.36. The van der Waals surface area contributed by atoms with Crippen LogP contribution in [0.5, 0.6) is 0 Å². The lowest BCUT2D eigenvalue weighted by molar-refractivity contribution is 0.0551. The summed E-state index contributed by atoms with van der Waals surface area (Å²) in [6.45, 7) is 13.1.